The molecule has 24 heavy (non-hydrogen) atoms. The van der Waals surface area contributed by atoms with E-state index in [-0.39, 0.29) is 18.0 Å². The van der Waals surface area contributed by atoms with Gasteiger partial charge in [-0.1, -0.05) is 30.3 Å². The number of pyridine rings is 1. The zero-order valence-electron chi connectivity index (χ0n) is 13.5. The molecule has 1 fully saturated rings. The van der Waals surface area contributed by atoms with Gasteiger partial charge in [0.1, 0.15) is 11.9 Å². The van der Waals surface area contributed by atoms with Crippen LogP contribution in [0.2, 0.25) is 0 Å². The normalized spacial score (nSPS) is 21.2. The quantitative estimate of drug-likeness (QED) is 0.702. The fourth-order valence-corrected chi connectivity index (χ4v) is 3.38. The molecule has 0 aliphatic carbocycles. The van der Waals surface area contributed by atoms with E-state index >= 15 is 0 Å². The van der Waals surface area contributed by atoms with Crippen molar-refractivity contribution in [1.82, 2.24) is 4.98 Å². The van der Waals surface area contributed by atoms with Gasteiger partial charge in [-0.3, -0.25) is 4.98 Å². The topological polar surface area (TPSA) is 25.4 Å². The van der Waals surface area contributed by atoms with Gasteiger partial charge in [-0.2, -0.15) is 0 Å². The minimum atomic E-state index is -0.260. The molecule has 4 rings (SSSR count). The number of benzene rings is 2. The average molecular weight is 322 g/mol. The molecular formula is C20H19FN2O. The first-order valence-corrected chi connectivity index (χ1v) is 8.20. The zero-order valence-corrected chi connectivity index (χ0v) is 13.5. The van der Waals surface area contributed by atoms with Gasteiger partial charge < -0.3 is 9.64 Å². The molecule has 1 aromatic heterocycles. The van der Waals surface area contributed by atoms with Crippen LogP contribution in [0.3, 0.4) is 0 Å². The molecule has 0 N–H and O–H groups in total. The highest BCUT2D eigenvalue weighted by Gasteiger charge is 2.27. The lowest BCUT2D eigenvalue weighted by Crippen LogP contribution is -2.43. The molecule has 3 nitrogen and oxygen atoms in total. The van der Waals surface area contributed by atoms with Crippen LogP contribution in [0.4, 0.5) is 10.1 Å². The molecule has 3 aromatic rings. The fourth-order valence-electron chi connectivity index (χ4n) is 3.38. The lowest BCUT2D eigenvalue weighted by Gasteiger charge is -2.38. The van der Waals surface area contributed by atoms with Gasteiger partial charge in [0.15, 0.2) is 0 Å². The van der Waals surface area contributed by atoms with Crippen molar-refractivity contribution in [2.24, 2.45) is 0 Å². The highest BCUT2D eigenvalue weighted by molar-refractivity contribution is 5.91. The van der Waals surface area contributed by atoms with Crippen LogP contribution in [0.15, 0.2) is 60.8 Å². The number of halogens is 1. The molecule has 0 amide bonds. The van der Waals surface area contributed by atoms with Crippen LogP contribution in [0, 0.1) is 5.82 Å². The SMILES string of the molecule is CC1CN(c2ccnc3cc(F)ccc23)CC(c2ccccc2)O1. The van der Waals surface area contributed by atoms with Crippen LogP contribution in [0.1, 0.15) is 18.6 Å². The van der Waals surface area contributed by atoms with Gasteiger partial charge in [0, 0.05) is 36.4 Å². The lowest BCUT2D eigenvalue weighted by atomic mass is 10.1. The maximum Gasteiger partial charge on any atom is 0.125 e. The first-order valence-electron chi connectivity index (χ1n) is 8.20. The smallest absolute Gasteiger partial charge is 0.125 e. The Bertz CT molecular complexity index is 853. The molecule has 1 saturated heterocycles. The Kier molecular flexibility index (Phi) is 3.90. The summed E-state index contributed by atoms with van der Waals surface area (Å²) in [6, 6.07) is 17.1. The third-order valence-corrected chi connectivity index (χ3v) is 4.45. The van der Waals surface area contributed by atoms with Crippen molar-refractivity contribution < 1.29 is 9.13 Å². The van der Waals surface area contributed by atoms with Gasteiger partial charge in [0.05, 0.1) is 11.6 Å². The molecule has 4 heteroatoms. The second-order valence-electron chi connectivity index (χ2n) is 6.24. The Labute approximate surface area is 140 Å². The molecule has 0 saturated carbocycles. The number of fused-ring (bicyclic) bond motifs is 1. The summed E-state index contributed by atoms with van der Waals surface area (Å²) < 4.78 is 19.6. The van der Waals surface area contributed by atoms with E-state index in [9.17, 15) is 4.39 Å². The van der Waals surface area contributed by atoms with E-state index < -0.39 is 0 Å². The standard InChI is InChI=1S/C20H19FN2O/c1-14-12-23(13-20(24-14)15-5-3-2-4-6-15)19-9-10-22-18-11-16(21)7-8-17(18)19/h2-11,14,20H,12-13H2,1H3. The van der Waals surface area contributed by atoms with Gasteiger partial charge >= 0.3 is 0 Å². The number of anilines is 1. The number of hydrogen-bond donors (Lipinski definition) is 0. The summed E-state index contributed by atoms with van der Waals surface area (Å²) >= 11 is 0. The number of nitrogens with zero attached hydrogens (tertiary/aromatic N) is 2. The maximum absolute atomic E-state index is 13.5. The average Bonchev–Trinajstić information content (AvgIpc) is 2.61. The van der Waals surface area contributed by atoms with Crippen LogP contribution in [0.5, 0.6) is 0 Å². The van der Waals surface area contributed by atoms with Crippen LogP contribution in [-0.4, -0.2) is 24.2 Å². The van der Waals surface area contributed by atoms with Gasteiger partial charge in [-0.25, -0.2) is 4.39 Å². The number of ether oxygens (including phenoxy) is 1. The van der Waals surface area contributed by atoms with Gasteiger partial charge in [-0.05, 0) is 30.7 Å². The summed E-state index contributed by atoms with van der Waals surface area (Å²) in [7, 11) is 0. The minimum absolute atomic E-state index is 0.0265. The second kappa shape index (κ2) is 6.21. The summed E-state index contributed by atoms with van der Waals surface area (Å²) in [6.07, 6.45) is 1.89. The first-order chi connectivity index (χ1) is 11.7. The van der Waals surface area contributed by atoms with Crippen molar-refractivity contribution in [2.45, 2.75) is 19.1 Å². The van der Waals surface area contributed by atoms with E-state index in [0.717, 1.165) is 24.2 Å². The third kappa shape index (κ3) is 2.85. The molecule has 2 atom stereocenters. The Morgan fingerprint density at radius 1 is 1.08 bits per heavy atom. The van der Waals surface area contributed by atoms with Gasteiger partial charge in [0.2, 0.25) is 0 Å². The molecule has 2 aromatic carbocycles. The van der Waals surface area contributed by atoms with Crippen molar-refractivity contribution in [1.29, 1.82) is 0 Å². The summed E-state index contributed by atoms with van der Waals surface area (Å²) in [4.78, 5) is 6.61. The van der Waals surface area contributed by atoms with Crippen LogP contribution in [-0.2, 0) is 4.74 Å². The lowest BCUT2D eigenvalue weighted by molar-refractivity contribution is -0.0172. The maximum atomic E-state index is 13.5. The molecular weight excluding hydrogens is 303 g/mol. The third-order valence-electron chi connectivity index (χ3n) is 4.45. The Hall–Kier alpha value is -2.46. The van der Waals surface area contributed by atoms with E-state index in [1.165, 1.54) is 17.7 Å². The van der Waals surface area contributed by atoms with Gasteiger partial charge in [-0.15, -0.1) is 0 Å². The number of morpholine rings is 1. The van der Waals surface area contributed by atoms with E-state index in [1.807, 2.05) is 30.3 Å². The van der Waals surface area contributed by atoms with Crippen molar-refractivity contribution >= 4 is 16.6 Å². The molecule has 0 radical (unpaired) electrons. The minimum Gasteiger partial charge on any atom is -0.367 e. The number of hydrogen-bond acceptors (Lipinski definition) is 3. The van der Waals surface area contributed by atoms with E-state index in [2.05, 4.69) is 28.9 Å². The summed E-state index contributed by atoms with van der Waals surface area (Å²) in [5, 5.41) is 0.972. The zero-order chi connectivity index (χ0) is 16.5. The first kappa shape index (κ1) is 15.1. The van der Waals surface area contributed by atoms with Crippen molar-refractivity contribution in [3.8, 4) is 0 Å². The van der Waals surface area contributed by atoms with Crippen LogP contribution >= 0.6 is 0 Å². The molecule has 2 heterocycles. The highest BCUT2D eigenvalue weighted by Crippen LogP contribution is 2.32. The molecule has 1 aliphatic heterocycles. The number of aromatic nitrogens is 1. The highest BCUT2D eigenvalue weighted by atomic mass is 19.1. The molecule has 122 valence electrons. The number of rotatable bonds is 2. The van der Waals surface area contributed by atoms with Gasteiger partial charge in [0.25, 0.3) is 0 Å². The van der Waals surface area contributed by atoms with E-state index in [1.54, 1.807) is 6.20 Å². The predicted molar refractivity (Wildman–Crippen MR) is 93.6 cm³/mol. The van der Waals surface area contributed by atoms with Crippen molar-refractivity contribution in [3.05, 3.63) is 72.2 Å². The van der Waals surface area contributed by atoms with Crippen LogP contribution < -0.4 is 4.90 Å². The molecule has 0 spiro atoms. The molecule has 1 aliphatic rings. The molecule has 0 bridgehead atoms. The Morgan fingerprint density at radius 2 is 1.92 bits per heavy atom. The Morgan fingerprint density at radius 3 is 2.75 bits per heavy atom. The van der Waals surface area contributed by atoms with Crippen molar-refractivity contribution in [3.63, 3.8) is 0 Å². The summed E-state index contributed by atoms with van der Waals surface area (Å²) in [5.74, 6) is -0.260. The van der Waals surface area contributed by atoms with E-state index in [4.69, 9.17) is 4.74 Å². The fraction of sp³-hybridized carbons (Fsp3) is 0.250. The predicted octanol–water partition coefficient (Wildman–Crippen LogP) is 4.34. The van der Waals surface area contributed by atoms with Crippen molar-refractivity contribution in [2.75, 3.05) is 18.0 Å². The second-order valence-corrected chi connectivity index (χ2v) is 6.24. The summed E-state index contributed by atoms with van der Waals surface area (Å²) in [5.41, 5.74) is 2.94. The summed E-state index contributed by atoms with van der Waals surface area (Å²) in [6.45, 7) is 3.66. The largest absolute Gasteiger partial charge is 0.367 e. The molecule has 2 unspecified atom stereocenters. The Balaban J connectivity index is 1.71. The monoisotopic (exact) mass is 322 g/mol. The van der Waals surface area contributed by atoms with Crippen LogP contribution in [0.25, 0.3) is 10.9 Å². The van der Waals surface area contributed by atoms with E-state index in [0.29, 0.717) is 5.52 Å².